The van der Waals surface area contributed by atoms with E-state index in [0.29, 0.717) is 5.82 Å². The number of nitrogens with zero attached hydrogens (tertiary/aromatic N) is 2. The van der Waals surface area contributed by atoms with Crippen molar-refractivity contribution in [2.75, 3.05) is 11.6 Å². The average molecular weight is 98.1 g/mol. The minimum absolute atomic E-state index is 0.472. The smallest absolute Gasteiger partial charge is 0.142 e. The summed E-state index contributed by atoms with van der Waals surface area (Å²) in [5, 5.41) is 0. The van der Waals surface area contributed by atoms with Gasteiger partial charge in [0.25, 0.3) is 0 Å². The molecule has 7 heavy (non-hydrogen) atoms. The van der Waals surface area contributed by atoms with Crippen LogP contribution < -0.4 is 11.6 Å². The number of nitrogens with two attached hydrogens (primary N) is 2. The Bertz CT molecular complexity index is 139. The lowest BCUT2D eigenvalue weighted by Crippen LogP contribution is -2.09. The zero-order valence-corrected chi connectivity index (χ0v) is 3.70. The summed E-state index contributed by atoms with van der Waals surface area (Å²) in [6.45, 7) is 0. The van der Waals surface area contributed by atoms with Crippen molar-refractivity contribution in [3.63, 3.8) is 0 Å². The molecule has 38 valence electrons. The molecule has 0 atom stereocenters. The first-order valence-electron chi connectivity index (χ1n) is 1.83. The summed E-state index contributed by atoms with van der Waals surface area (Å²) in [6, 6.07) is 0. The summed E-state index contributed by atoms with van der Waals surface area (Å²) in [4.78, 5) is 3.63. The van der Waals surface area contributed by atoms with Gasteiger partial charge < -0.3 is 11.6 Å². The zero-order valence-electron chi connectivity index (χ0n) is 3.70. The molecule has 0 fully saturated rings. The van der Waals surface area contributed by atoms with E-state index in [4.69, 9.17) is 11.6 Å². The molecule has 0 bridgehead atoms. The molecule has 1 aromatic heterocycles. The fraction of sp³-hybridized carbons (Fsp3) is 0. The second kappa shape index (κ2) is 1.14. The van der Waals surface area contributed by atoms with Crippen LogP contribution in [-0.2, 0) is 0 Å². The third-order valence-electron chi connectivity index (χ3n) is 0.696. The molecule has 0 amide bonds. The second-order valence-electron chi connectivity index (χ2n) is 1.23. The molecule has 0 saturated carbocycles. The molecule has 1 heterocycles. The van der Waals surface area contributed by atoms with Crippen molar-refractivity contribution in [3.05, 3.63) is 12.5 Å². The number of aromatic nitrogens is 2. The summed E-state index contributed by atoms with van der Waals surface area (Å²) in [5.41, 5.74) is 5.22. The number of imidazole rings is 1. The zero-order chi connectivity index (χ0) is 5.28. The molecule has 0 aliphatic rings. The van der Waals surface area contributed by atoms with Crippen LogP contribution >= 0.6 is 0 Å². The lowest BCUT2D eigenvalue weighted by molar-refractivity contribution is 1.01. The van der Waals surface area contributed by atoms with Crippen molar-refractivity contribution in [1.29, 1.82) is 0 Å². The summed E-state index contributed by atoms with van der Waals surface area (Å²) in [7, 11) is 0. The van der Waals surface area contributed by atoms with E-state index in [9.17, 15) is 0 Å². The van der Waals surface area contributed by atoms with Gasteiger partial charge >= 0.3 is 0 Å². The first-order valence-corrected chi connectivity index (χ1v) is 1.83. The number of rotatable bonds is 0. The molecule has 4 nitrogen and oxygen atoms in total. The van der Waals surface area contributed by atoms with E-state index in [2.05, 4.69) is 4.98 Å². The number of anilines is 1. The fourth-order valence-corrected chi connectivity index (χ4v) is 0.315. The Kier molecular flexibility index (Phi) is 0.651. The van der Waals surface area contributed by atoms with Crippen LogP contribution in [0.1, 0.15) is 0 Å². The van der Waals surface area contributed by atoms with Gasteiger partial charge in [-0.3, -0.25) is 0 Å². The predicted octanol–water partition coefficient (Wildman–Crippen LogP) is -0.821. The summed E-state index contributed by atoms with van der Waals surface area (Å²) >= 11 is 0. The Hall–Kier alpha value is -1.19. The normalized spacial score (nSPS) is 9.14. The van der Waals surface area contributed by atoms with E-state index in [1.807, 2.05) is 0 Å². The minimum atomic E-state index is 0.472. The SMILES string of the molecule is Nc1cncn1N. The molecule has 1 aromatic rings. The Morgan fingerprint density at radius 1 is 1.71 bits per heavy atom. The molecule has 0 radical (unpaired) electrons. The van der Waals surface area contributed by atoms with Gasteiger partial charge in [0.1, 0.15) is 12.1 Å². The van der Waals surface area contributed by atoms with E-state index in [-0.39, 0.29) is 0 Å². The monoisotopic (exact) mass is 98.1 g/mol. The predicted molar refractivity (Wildman–Crippen MR) is 26.8 cm³/mol. The van der Waals surface area contributed by atoms with E-state index < -0.39 is 0 Å². The maximum atomic E-state index is 5.22. The Morgan fingerprint density at radius 2 is 2.43 bits per heavy atom. The molecule has 0 aromatic carbocycles. The quantitative estimate of drug-likeness (QED) is 0.416. The van der Waals surface area contributed by atoms with Crippen molar-refractivity contribution in [1.82, 2.24) is 9.66 Å². The number of nitrogen functional groups attached to an aromatic ring is 2. The Labute approximate surface area is 40.7 Å². The van der Waals surface area contributed by atoms with Crippen LogP contribution in [-0.4, -0.2) is 9.66 Å². The first kappa shape index (κ1) is 3.98. The van der Waals surface area contributed by atoms with Crippen LogP contribution in [0.25, 0.3) is 0 Å². The molecule has 0 spiro atoms. The molecular formula is C3H6N4. The average Bonchev–Trinajstić information content (AvgIpc) is 1.91. The van der Waals surface area contributed by atoms with E-state index in [1.54, 1.807) is 0 Å². The highest BCUT2D eigenvalue weighted by Gasteiger charge is 1.85. The topological polar surface area (TPSA) is 69.9 Å². The second-order valence-corrected chi connectivity index (χ2v) is 1.23. The van der Waals surface area contributed by atoms with Gasteiger partial charge in [-0.25, -0.2) is 9.66 Å². The molecule has 0 aliphatic heterocycles. The lowest BCUT2D eigenvalue weighted by Gasteiger charge is -1.88. The lowest BCUT2D eigenvalue weighted by atomic mass is 10.8. The first-order chi connectivity index (χ1) is 3.30. The fourth-order valence-electron chi connectivity index (χ4n) is 0.315. The van der Waals surface area contributed by atoms with Gasteiger partial charge in [-0.2, -0.15) is 0 Å². The standard InChI is InChI=1S/C3H6N4/c4-3-1-6-2-7(3)5/h1-2H,4-5H2. The largest absolute Gasteiger partial charge is 0.382 e. The van der Waals surface area contributed by atoms with Crippen LogP contribution in [0.4, 0.5) is 5.82 Å². The molecule has 4 heteroatoms. The van der Waals surface area contributed by atoms with Crippen LogP contribution in [0.3, 0.4) is 0 Å². The third kappa shape index (κ3) is 0.489. The maximum Gasteiger partial charge on any atom is 0.142 e. The Morgan fingerprint density at radius 3 is 2.57 bits per heavy atom. The third-order valence-corrected chi connectivity index (χ3v) is 0.696. The van der Waals surface area contributed by atoms with Gasteiger partial charge in [0, 0.05) is 0 Å². The van der Waals surface area contributed by atoms with Crippen molar-refractivity contribution in [2.24, 2.45) is 0 Å². The van der Waals surface area contributed by atoms with Gasteiger partial charge in [-0.15, -0.1) is 0 Å². The van der Waals surface area contributed by atoms with E-state index >= 15 is 0 Å². The van der Waals surface area contributed by atoms with Crippen LogP contribution in [0, 0.1) is 0 Å². The van der Waals surface area contributed by atoms with Gasteiger partial charge in [-0.1, -0.05) is 0 Å². The highest BCUT2D eigenvalue weighted by atomic mass is 15.3. The number of hydrogen-bond donors (Lipinski definition) is 2. The molecule has 0 aliphatic carbocycles. The van der Waals surface area contributed by atoms with Crippen LogP contribution in [0.15, 0.2) is 12.5 Å². The summed E-state index contributed by atoms with van der Waals surface area (Å²) in [5.74, 6) is 5.64. The molecule has 4 N–H and O–H groups in total. The summed E-state index contributed by atoms with van der Waals surface area (Å²) < 4.78 is 1.25. The molecule has 1 rings (SSSR count). The van der Waals surface area contributed by atoms with Crippen molar-refractivity contribution >= 4 is 5.82 Å². The van der Waals surface area contributed by atoms with Crippen LogP contribution in [0.2, 0.25) is 0 Å². The van der Waals surface area contributed by atoms with Crippen LogP contribution in [0.5, 0.6) is 0 Å². The highest BCUT2D eigenvalue weighted by molar-refractivity contribution is 5.24. The van der Waals surface area contributed by atoms with Crippen molar-refractivity contribution in [2.45, 2.75) is 0 Å². The van der Waals surface area contributed by atoms with E-state index in [1.165, 1.54) is 17.2 Å². The Balaban J connectivity index is 3.12. The van der Waals surface area contributed by atoms with Crippen molar-refractivity contribution < 1.29 is 0 Å². The van der Waals surface area contributed by atoms with Gasteiger partial charge in [0.15, 0.2) is 0 Å². The minimum Gasteiger partial charge on any atom is -0.382 e. The van der Waals surface area contributed by atoms with Gasteiger partial charge in [0.05, 0.1) is 6.20 Å². The van der Waals surface area contributed by atoms with Crippen molar-refractivity contribution in [3.8, 4) is 0 Å². The van der Waals surface area contributed by atoms with E-state index in [0.717, 1.165) is 0 Å². The number of hydrogen-bond acceptors (Lipinski definition) is 3. The molecular weight excluding hydrogens is 92.1 g/mol. The van der Waals surface area contributed by atoms with Gasteiger partial charge in [-0.05, 0) is 0 Å². The molecule has 0 saturated heterocycles. The maximum absolute atomic E-state index is 5.22. The summed E-state index contributed by atoms with van der Waals surface area (Å²) in [6.07, 6.45) is 2.93. The molecule has 0 unspecified atom stereocenters. The van der Waals surface area contributed by atoms with Gasteiger partial charge in [0.2, 0.25) is 0 Å². The highest BCUT2D eigenvalue weighted by Crippen LogP contribution is 1.90.